The van der Waals surface area contributed by atoms with Crippen molar-refractivity contribution in [1.29, 1.82) is 5.26 Å². The van der Waals surface area contributed by atoms with Gasteiger partial charge in [-0.25, -0.2) is 4.31 Å². The number of ketones is 1. The Bertz CT molecular complexity index is 739. The first kappa shape index (κ1) is 17.0. The SMILES string of the molecule is C=C(C#N)C(=O)c1cc(=C/CC)/c(=C\CN2CCCS2)n1P. The molecule has 2 heterocycles. The largest absolute Gasteiger partial charge is 0.322 e. The summed E-state index contributed by atoms with van der Waals surface area (Å²) >= 11 is 1.86. The molecule has 0 aromatic carbocycles. The van der Waals surface area contributed by atoms with Gasteiger partial charge in [-0.3, -0.25) is 4.79 Å². The third-order valence-electron chi connectivity index (χ3n) is 3.49. The van der Waals surface area contributed by atoms with Crippen LogP contribution in [-0.2, 0) is 0 Å². The summed E-state index contributed by atoms with van der Waals surface area (Å²) in [5.74, 6) is 0.855. The lowest BCUT2D eigenvalue weighted by atomic mass is 10.1. The summed E-state index contributed by atoms with van der Waals surface area (Å²) in [4.78, 5) is 12.2. The molecule has 1 aliphatic heterocycles. The lowest BCUT2D eigenvalue weighted by Gasteiger charge is -2.09. The van der Waals surface area contributed by atoms with Crippen LogP contribution < -0.4 is 10.6 Å². The van der Waals surface area contributed by atoms with Gasteiger partial charge in [0, 0.05) is 24.2 Å². The number of carbonyl (C=O) groups is 1. The Morgan fingerprint density at radius 1 is 1.59 bits per heavy atom. The summed E-state index contributed by atoms with van der Waals surface area (Å²) in [7, 11) is 2.57. The van der Waals surface area contributed by atoms with Crippen molar-refractivity contribution in [2.24, 2.45) is 0 Å². The number of allylic oxidation sites excluding steroid dienone is 1. The van der Waals surface area contributed by atoms with Gasteiger partial charge in [0.25, 0.3) is 0 Å². The normalized spacial score (nSPS) is 17.0. The predicted molar refractivity (Wildman–Crippen MR) is 95.7 cm³/mol. The molecule has 0 N–H and O–H groups in total. The van der Waals surface area contributed by atoms with Gasteiger partial charge in [-0.1, -0.05) is 31.5 Å². The van der Waals surface area contributed by atoms with Crippen molar-refractivity contribution in [3.8, 4) is 6.07 Å². The summed E-state index contributed by atoms with van der Waals surface area (Å²) in [6, 6.07) is 3.67. The zero-order valence-corrected chi connectivity index (χ0v) is 14.7. The standard InChI is InChI=1S/C16H20N3OPS/c1-3-5-13-10-15(16(20)12(2)11-17)19(21)14(13)6-8-18-7-4-9-22-18/h5-6,10H,2-4,7-9,21H2,1H3/b13-5-,14-6+. The lowest BCUT2D eigenvalue weighted by molar-refractivity contribution is 0.103. The molecule has 0 bridgehead atoms. The number of rotatable bonds is 5. The Hall–Kier alpha value is -1.34. The minimum Gasteiger partial charge on any atom is -0.322 e. The highest BCUT2D eigenvalue weighted by molar-refractivity contribution is 7.97. The van der Waals surface area contributed by atoms with E-state index in [9.17, 15) is 4.79 Å². The molecule has 0 saturated carbocycles. The highest BCUT2D eigenvalue weighted by Crippen LogP contribution is 2.18. The summed E-state index contributed by atoms with van der Waals surface area (Å²) in [5.41, 5.74) is 0.447. The van der Waals surface area contributed by atoms with Gasteiger partial charge >= 0.3 is 0 Å². The van der Waals surface area contributed by atoms with Gasteiger partial charge in [0.1, 0.15) is 6.07 Å². The Labute approximate surface area is 137 Å². The number of hydrogen-bond donors (Lipinski definition) is 0. The first-order valence-electron chi connectivity index (χ1n) is 7.27. The van der Waals surface area contributed by atoms with Crippen LogP contribution >= 0.6 is 21.3 Å². The van der Waals surface area contributed by atoms with Gasteiger partial charge in [-0.05, 0) is 39.6 Å². The number of Topliss-reactive ketones (excluding diaryl/α,β-unsaturated/α-hetero) is 1. The van der Waals surface area contributed by atoms with Crippen LogP contribution in [0, 0.1) is 11.3 Å². The van der Waals surface area contributed by atoms with Crippen molar-refractivity contribution >= 4 is 39.3 Å². The molecule has 0 aliphatic carbocycles. The van der Waals surface area contributed by atoms with Crippen molar-refractivity contribution < 1.29 is 4.79 Å². The maximum Gasteiger partial charge on any atom is 0.219 e. The van der Waals surface area contributed by atoms with Crippen molar-refractivity contribution in [3.63, 3.8) is 0 Å². The average Bonchev–Trinajstić information content (AvgIpc) is 3.13. The fourth-order valence-corrected chi connectivity index (χ4v) is 3.77. The Kier molecular flexibility index (Phi) is 6.02. The molecule has 1 aromatic heterocycles. The van der Waals surface area contributed by atoms with E-state index in [0.29, 0.717) is 5.69 Å². The number of aromatic nitrogens is 1. The van der Waals surface area contributed by atoms with E-state index in [1.807, 2.05) is 24.1 Å². The van der Waals surface area contributed by atoms with Crippen molar-refractivity contribution in [2.45, 2.75) is 19.8 Å². The fraction of sp³-hybridized carbons (Fsp3) is 0.375. The summed E-state index contributed by atoms with van der Waals surface area (Å²) in [5, 5.41) is 10.9. The molecule has 0 radical (unpaired) electrons. The van der Waals surface area contributed by atoms with Crippen LogP contribution in [0.4, 0.5) is 0 Å². The maximum absolute atomic E-state index is 12.2. The van der Waals surface area contributed by atoms with Crippen molar-refractivity contribution in [2.75, 3.05) is 18.8 Å². The zero-order valence-electron chi connectivity index (χ0n) is 12.7. The molecule has 0 amide bonds. The minimum absolute atomic E-state index is 0.0362. The molecule has 1 aliphatic rings. The van der Waals surface area contributed by atoms with Crippen LogP contribution in [0.5, 0.6) is 0 Å². The van der Waals surface area contributed by atoms with Crippen molar-refractivity contribution in [1.82, 2.24) is 8.64 Å². The quantitative estimate of drug-likeness (QED) is 0.271. The molecule has 1 fully saturated rings. The topological polar surface area (TPSA) is 49.0 Å². The van der Waals surface area contributed by atoms with Gasteiger partial charge in [-0.15, -0.1) is 0 Å². The molecule has 22 heavy (non-hydrogen) atoms. The second-order valence-electron chi connectivity index (χ2n) is 5.05. The lowest BCUT2D eigenvalue weighted by Crippen LogP contribution is -2.28. The minimum atomic E-state index is -0.321. The van der Waals surface area contributed by atoms with E-state index < -0.39 is 0 Å². The van der Waals surface area contributed by atoms with Crippen LogP contribution in [0.3, 0.4) is 0 Å². The molecule has 1 saturated heterocycles. The average molecular weight is 333 g/mol. The molecular weight excluding hydrogens is 313 g/mol. The van der Waals surface area contributed by atoms with Crippen LogP contribution in [-0.4, -0.2) is 33.3 Å². The second kappa shape index (κ2) is 7.78. The van der Waals surface area contributed by atoms with Gasteiger partial charge in [0.15, 0.2) is 0 Å². The second-order valence-corrected chi connectivity index (χ2v) is 6.75. The van der Waals surface area contributed by atoms with Gasteiger partial charge in [0.2, 0.25) is 5.78 Å². The summed E-state index contributed by atoms with van der Waals surface area (Å²) in [6.45, 7) is 7.53. The highest BCUT2D eigenvalue weighted by Gasteiger charge is 2.15. The first-order valence-corrected chi connectivity index (χ1v) is 8.73. The highest BCUT2D eigenvalue weighted by atomic mass is 32.2. The first-order chi connectivity index (χ1) is 10.6. The zero-order chi connectivity index (χ0) is 16.1. The predicted octanol–water partition coefficient (Wildman–Crippen LogP) is 1.71. The van der Waals surface area contributed by atoms with Gasteiger partial charge in [-0.2, -0.15) is 5.26 Å². The number of nitriles is 1. The van der Waals surface area contributed by atoms with Crippen LogP contribution in [0.25, 0.3) is 12.2 Å². The maximum atomic E-state index is 12.2. The summed E-state index contributed by atoms with van der Waals surface area (Å²) in [6.07, 6.45) is 6.34. The molecule has 1 atom stereocenters. The van der Waals surface area contributed by atoms with Gasteiger partial charge in [0.05, 0.1) is 11.3 Å². The monoisotopic (exact) mass is 333 g/mol. The van der Waals surface area contributed by atoms with Crippen molar-refractivity contribution in [3.05, 3.63) is 34.5 Å². The van der Waals surface area contributed by atoms with E-state index in [4.69, 9.17) is 5.26 Å². The molecule has 2 rings (SSSR count). The smallest absolute Gasteiger partial charge is 0.219 e. The number of hydrogen-bond acceptors (Lipinski definition) is 4. The van der Waals surface area contributed by atoms with E-state index in [0.717, 1.165) is 30.1 Å². The fourth-order valence-electron chi connectivity index (χ4n) is 2.37. The number of carbonyl (C=O) groups excluding carboxylic acids is 1. The molecular formula is C16H20N3OPS. The third kappa shape index (κ3) is 3.70. The Morgan fingerprint density at radius 2 is 2.36 bits per heavy atom. The van der Waals surface area contributed by atoms with E-state index in [-0.39, 0.29) is 11.4 Å². The van der Waals surface area contributed by atoms with E-state index in [1.165, 1.54) is 12.2 Å². The van der Waals surface area contributed by atoms with E-state index in [2.05, 4.69) is 39.4 Å². The molecule has 1 aromatic rings. The van der Waals surface area contributed by atoms with Crippen LogP contribution in [0.1, 0.15) is 30.3 Å². The Balaban J connectivity index is 2.44. The molecule has 1 unspecified atom stereocenters. The Morgan fingerprint density at radius 3 is 2.95 bits per heavy atom. The molecule has 4 nitrogen and oxygen atoms in total. The molecule has 6 heteroatoms. The van der Waals surface area contributed by atoms with Crippen LogP contribution in [0.2, 0.25) is 0 Å². The van der Waals surface area contributed by atoms with E-state index >= 15 is 0 Å². The summed E-state index contributed by atoms with van der Waals surface area (Å²) < 4.78 is 4.11. The van der Waals surface area contributed by atoms with Crippen LogP contribution in [0.15, 0.2) is 18.2 Å². The number of nitrogens with zero attached hydrogens (tertiary/aromatic N) is 3. The van der Waals surface area contributed by atoms with E-state index in [1.54, 1.807) is 4.34 Å². The molecule has 0 spiro atoms. The third-order valence-corrected chi connectivity index (χ3v) is 5.21. The molecule has 116 valence electrons. The van der Waals surface area contributed by atoms with Gasteiger partial charge < -0.3 is 4.34 Å².